The molecule has 6 heteroatoms. The quantitative estimate of drug-likeness (QED) is 0.914. The van der Waals surface area contributed by atoms with Crippen molar-refractivity contribution in [3.8, 4) is 0 Å². The Hall–Kier alpha value is -1.66. The van der Waals surface area contributed by atoms with E-state index in [1.54, 1.807) is 27.6 Å². The minimum Gasteiger partial charge on any atom is -0.349 e. The van der Waals surface area contributed by atoms with Crippen molar-refractivity contribution in [3.63, 3.8) is 0 Å². The van der Waals surface area contributed by atoms with Crippen LogP contribution in [0.2, 0.25) is 0 Å². The van der Waals surface area contributed by atoms with E-state index in [0.29, 0.717) is 19.5 Å². The molecule has 0 spiro atoms. The second kappa shape index (κ2) is 6.22. The third-order valence-corrected chi connectivity index (χ3v) is 5.76. The fourth-order valence-electron chi connectivity index (χ4n) is 2.63. The second-order valence-electron chi connectivity index (χ2n) is 5.64. The maximum absolute atomic E-state index is 12.5. The van der Waals surface area contributed by atoms with Gasteiger partial charge in [0.1, 0.15) is 5.54 Å². The molecule has 0 saturated carbocycles. The van der Waals surface area contributed by atoms with Crippen LogP contribution in [0.3, 0.4) is 0 Å². The maximum Gasteiger partial charge on any atom is 0.246 e. The molecular weight excluding hydrogens is 316 g/mol. The molecule has 1 N–H and O–H groups in total. The van der Waals surface area contributed by atoms with E-state index in [9.17, 15) is 9.59 Å². The summed E-state index contributed by atoms with van der Waals surface area (Å²) in [6, 6.07) is 5.91. The van der Waals surface area contributed by atoms with Gasteiger partial charge in [-0.05, 0) is 47.2 Å². The molecule has 1 aliphatic heterocycles. The Morgan fingerprint density at radius 1 is 1.36 bits per heavy atom. The van der Waals surface area contributed by atoms with Crippen LogP contribution in [0.1, 0.15) is 23.8 Å². The summed E-state index contributed by atoms with van der Waals surface area (Å²) in [5, 5.41) is 8.88. The monoisotopic (exact) mass is 334 g/mol. The van der Waals surface area contributed by atoms with Crippen molar-refractivity contribution in [1.82, 2.24) is 10.2 Å². The Morgan fingerprint density at radius 2 is 2.23 bits per heavy atom. The summed E-state index contributed by atoms with van der Waals surface area (Å²) in [5.74, 6) is -0.0377. The number of hydrogen-bond acceptors (Lipinski definition) is 4. The second-order valence-corrected chi connectivity index (χ2v) is 7.45. The van der Waals surface area contributed by atoms with Crippen LogP contribution in [0.15, 0.2) is 34.3 Å². The van der Waals surface area contributed by atoms with Crippen molar-refractivity contribution >= 4 is 34.5 Å². The molecule has 0 aromatic carbocycles. The lowest BCUT2D eigenvalue weighted by Crippen LogP contribution is -2.67. The molecule has 1 unspecified atom stereocenters. The summed E-state index contributed by atoms with van der Waals surface area (Å²) in [5.41, 5.74) is 0.313. The van der Waals surface area contributed by atoms with Gasteiger partial charge in [0.05, 0.1) is 13.0 Å². The predicted octanol–water partition coefficient (Wildman–Crippen LogP) is 2.66. The average Bonchev–Trinajstić information content (AvgIpc) is 3.15. The molecule has 116 valence electrons. The lowest BCUT2D eigenvalue weighted by molar-refractivity contribution is -0.157. The first-order valence-corrected chi connectivity index (χ1v) is 9.04. The lowest BCUT2D eigenvalue weighted by Gasteiger charge is -2.49. The molecule has 2 aromatic heterocycles. The molecule has 1 fully saturated rings. The van der Waals surface area contributed by atoms with Crippen LogP contribution < -0.4 is 5.32 Å². The van der Waals surface area contributed by atoms with Crippen molar-refractivity contribution in [1.29, 1.82) is 0 Å². The minimum absolute atomic E-state index is 0.0263. The van der Waals surface area contributed by atoms with E-state index in [2.05, 4.69) is 5.32 Å². The number of amides is 2. The Morgan fingerprint density at radius 3 is 2.82 bits per heavy atom. The number of carbonyl (C=O) groups excluding carboxylic acids is 2. The third kappa shape index (κ3) is 2.94. The van der Waals surface area contributed by atoms with Crippen LogP contribution in [-0.4, -0.2) is 28.8 Å². The predicted molar refractivity (Wildman–Crippen MR) is 88.9 cm³/mol. The molecule has 1 atom stereocenters. The molecule has 0 radical (unpaired) electrons. The number of likely N-dealkylation sites (tertiary alicyclic amines) is 1. The van der Waals surface area contributed by atoms with Crippen molar-refractivity contribution in [3.05, 3.63) is 44.8 Å². The highest BCUT2D eigenvalue weighted by atomic mass is 32.1. The zero-order chi connectivity index (χ0) is 15.6. The van der Waals surface area contributed by atoms with Gasteiger partial charge < -0.3 is 10.2 Å². The summed E-state index contributed by atoms with van der Waals surface area (Å²) >= 11 is 3.20. The Labute approximate surface area is 137 Å². The molecule has 2 amide bonds. The van der Waals surface area contributed by atoms with Crippen LogP contribution >= 0.6 is 22.7 Å². The Balaban J connectivity index is 1.59. The smallest absolute Gasteiger partial charge is 0.246 e. The summed E-state index contributed by atoms with van der Waals surface area (Å²) in [7, 11) is 0. The van der Waals surface area contributed by atoms with E-state index in [4.69, 9.17) is 0 Å². The van der Waals surface area contributed by atoms with Crippen LogP contribution in [0.4, 0.5) is 0 Å². The summed E-state index contributed by atoms with van der Waals surface area (Å²) in [4.78, 5) is 27.7. The number of thiophene rings is 2. The largest absolute Gasteiger partial charge is 0.349 e. The highest BCUT2D eigenvalue weighted by Crippen LogP contribution is 2.31. The van der Waals surface area contributed by atoms with Gasteiger partial charge >= 0.3 is 0 Å². The number of hydrogen-bond donors (Lipinski definition) is 1. The van der Waals surface area contributed by atoms with E-state index in [0.717, 1.165) is 16.9 Å². The van der Waals surface area contributed by atoms with E-state index in [-0.39, 0.29) is 11.8 Å². The fraction of sp³-hybridized carbons (Fsp3) is 0.375. The summed E-state index contributed by atoms with van der Waals surface area (Å²) in [6.45, 7) is 3.04. The summed E-state index contributed by atoms with van der Waals surface area (Å²) < 4.78 is 0. The molecule has 22 heavy (non-hydrogen) atoms. The van der Waals surface area contributed by atoms with Gasteiger partial charge in [-0.2, -0.15) is 11.3 Å². The van der Waals surface area contributed by atoms with Gasteiger partial charge in [-0.3, -0.25) is 9.59 Å². The normalized spacial score (nSPS) is 20.5. The fourth-order valence-corrected chi connectivity index (χ4v) is 3.94. The first kappa shape index (κ1) is 15.2. The van der Waals surface area contributed by atoms with Crippen LogP contribution in [0.5, 0.6) is 0 Å². The van der Waals surface area contributed by atoms with E-state index >= 15 is 0 Å². The molecule has 0 aliphatic carbocycles. The Bertz CT molecular complexity index is 652. The standard InChI is InChI=1S/C16H18N2O2S2/c1-16(15(20)17-10-13-3-2-7-22-13)5-6-18(16)14(19)9-12-4-8-21-11-12/h2-4,7-8,11H,5-6,9-10H2,1H3,(H,17,20). The molecule has 0 bridgehead atoms. The topological polar surface area (TPSA) is 49.4 Å². The molecule has 1 saturated heterocycles. The first-order chi connectivity index (χ1) is 10.6. The van der Waals surface area contributed by atoms with Gasteiger partial charge in [-0.1, -0.05) is 6.07 Å². The van der Waals surface area contributed by atoms with Gasteiger partial charge in [0.2, 0.25) is 11.8 Å². The number of rotatable bonds is 5. The minimum atomic E-state index is -0.704. The van der Waals surface area contributed by atoms with Crippen molar-refractivity contribution < 1.29 is 9.59 Å². The molecule has 1 aliphatic rings. The summed E-state index contributed by atoms with van der Waals surface area (Å²) in [6.07, 6.45) is 1.09. The molecule has 3 rings (SSSR count). The van der Waals surface area contributed by atoms with Gasteiger partial charge in [0.25, 0.3) is 0 Å². The Kier molecular flexibility index (Phi) is 4.31. The number of nitrogens with zero attached hydrogens (tertiary/aromatic N) is 1. The van der Waals surface area contributed by atoms with Crippen LogP contribution in [0.25, 0.3) is 0 Å². The highest BCUT2D eigenvalue weighted by Gasteiger charge is 2.49. The SMILES string of the molecule is CC1(C(=O)NCc2cccs2)CCN1C(=O)Cc1ccsc1. The molecular formula is C16H18N2O2S2. The molecule has 4 nitrogen and oxygen atoms in total. The lowest BCUT2D eigenvalue weighted by atomic mass is 9.85. The average molecular weight is 334 g/mol. The zero-order valence-corrected chi connectivity index (χ0v) is 14.0. The maximum atomic E-state index is 12.5. The van der Waals surface area contributed by atoms with E-state index in [1.807, 2.05) is 41.3 Å². The first-order valence-electron chi connectivity index (χ1n) is 7.22. The molecule has 3 heterocycles. The number of carbonyl (C=O) groups is 2. The highest BCUT2D eigenvalue weighted by molar-refractivity contribution is 7.09. The number of nitrogens with one attached hydrogen (secondary N) is 1. The van der Waals surface area contributed by atoms with Gasteiger partial charge in [-0.25, -0.2) is 0 Å². The van der Waals surface area contributed by atoms with E-state index in [1.165, 1.54) is 0 Å². The third-order valence-electron chi connectivity index (χ3n) is 4.15. The van der Waals surface area contributed by atoms with Crippen molar-refractivity contribution in [2.75, 3.05) is 6.54 Å². The van der Waals surface area contributed by atoms with E-state index < -0.39 is 5.54 Å². The van der Waals surface area contributed by atoms with Gasteiger partial charge in [0, 0.05) is 11.4 Å². The zero-order valence-electron chi connectivity index (χ0n) is 12.4. The van der Waals surface area contributed by atoms with Gasteiger partial charge in [0.15, 0.2) is 0 Å². The molecule has 2 aromatic rings. The van der Waals surface area contributed by atoms with Gasteiger partial charge in [-0.15, -0.1) is 11.3 Å². The van der Waals surface area contributed by atoms with Crippen LogP contribution in [0, 0.1) is 0 Å². The van der Waals surface area contributed by atoms with Crippen molar-refractivity contribution in [2.24, 2.45) is 0 Å². The van der Waals surface area contributed by atoms with Crippen LogP contribution in [-0.2, 0) is 22.6 Å². The van der Waals surface area contributed by atoms with Crippen molar-refractivity contribution in [2.45, 2.75) is 31.8 Å².